The van der Waals surface area contributed by atoms with Gasteiger partial charge in [0.05, 0.1) is 12.6 Å². The first-order valence-electron chi connectivity index (χ1n) is 9.28. The van der Waals surface area contributed by atoms with Gasteiger partial charge in [-0.25, -0.2) is 0 Å². The van der Waals surface area contributed by atoms with Gasteiger partial charge in [0.15, 0.2) is 0 Å². The number of benzene rings is 2. The van der Waals surface area contributed by atoms with Crippen molar-refractivity contribution in [3.8, 4) is 5.75 Å². The number of amides is 1. The van der Waals surface area contributed by atoms with Crippen LogP contribution in [0.4, 0.5) is 0 Å². The summed E-state index contributed by atoms with van der Waals surface area (Å²) in [5.41, 5.74) is 2.39. The fourth-order valence-electron chi connectivity index (χ4n) is 4.00. The van der Waals surface area contributed by atoms with Crippen molar-refractivity contribution in [2.45, 2.75) is 38.1 Å². The summed E-state index contributed by atoms with van der Waals surface area (Å²) in [6.07, 6.45) is 2.63. The van der Waals surface area contributed by atoms with Crippen LogP contribution in [-0.2, 0) is 4.79 Å². The van der Waals surface area contributed by atoms with E-state index in [0.717, 1.165) is 12.2 Å². The summed E-state index contributed by atoms with van der Waals surface area (Å²) in [6, 6.07) is 18.6. The van der Waals surface area contributed by atoms with Crippen LogP contribution in [0.3, 0.4) is 0 Å². The van der Waals surface area contributed by atoms with Gasteiger partial charge in [-0.3, -0.25) is 4.79 Å². The largest absolute Gasteiger partial charge is 0.493 e. The SMILES string of the molecule is CC1CC1C(NC(=O)CC1CCOc2ccccc21)c1ccccc1. The molecule has 0 spiro atoms. The van der Waals surface area contributed by atoms with Crippen molar-refractivity contribution < 1.29 is 9.53 Å². The molecule has 2 aromatic carbocycles. The van der Waals surface area contributed by atoms with E-state index in [1.807, 2.05) is 24.3 Å². The Morgan fingerprint density at radius 1 is 1.16 bits per heavy atom. The van der Waals surface area contributed by atoms with Gasteiger partial charge in [0.1, 0.15) is 5.75 Å². The summed E-state index contributed by atoms with van der Waals surface area (Å²) in [5, 5.41) is 3.32. The van der Waals surface area contributed by atoms with E-state index in [4.69, 9.17) is 4.74 Å². The maximum Gasteiger partial charge on any atom is 0.221 e. The quantitative estimate of drug-likeness (QED) is 0.876. The second-order valence-corrected chi connectivity index (χ2v) is 7.41. The van der Waals surface area contributed by atoms with Gasteiger partial charge in [-0.1, -0.05) is 55.5 Å². The summed E-state index contributed by atoms with van der Waals surface area (Å²) >= 11 is 0. The molecule has 4 atom stereocenters. The molecule has 1 aliphatic carbocycles. The summed E-state index contributed by atoms with van der Waals surface area (Å²) in [7, 11) is 0. The average molecular weight is 335 g/mol. The predicted molar refractivity (Wildman–Crippen MR) is 98.5 cm³/mol. The Bertz CT molecular complexity index is 743. The minimum atomic E-state index is 0.138. The number of ether oxygens (including phenoxy) is 1. The highest BCUT2D eigenvalue weighted by molar-refractivity contribution is 5.77. The number of carbonyl (C=O) groups excluding carboxylic acids is 1. The Morgan fingerprint density at radius 3 is 2.64 bits per heavy atom. The predicted octanol–water partition coefficient (Wildman–Crippen LogP) is 4.46. The van der Waals surface area contributed by atoms with Crippen LogP contribution in [0.15, 0.2) is 54.6 Å². The van der Waals surface area contributed by atoms with Gasteiger partial charge < -0.3 is 10.1 Å². The smallest absolute Gasteiger partial charge is 0.221 e. The van der Waals surface area contributed by atoms with Crippen molar-refractivity contribution in [3.05, 3.63) is 65.7 Å². The second-order valence-electron chi connectivity index (χ2n) is 7.41. The maximum absolute atomic E-state index is 12.8. The molecule has 1 heterocycles. The van der Waals surface area contributed by atoms with Gasteiger partial charge in [0.25, 0.3) is 0 Å². The Balaban J connectivity index is 1.46. The summed E-state index contributed by atoms with van der Waals surface area (Å²) in [6.45, 7) is 2.96. The number of carbonyl (C=O) groups is 1. The molecule has 1 fully saturated rings. The lowest BCUT2D eigenvalue weighted by molar-refractivity contribution is -0.122. The van der Waals surface area contributed by atoms with E-state index in [1.165, 1.54) is 17.5 Å². The summed E-state index contributed by atoms with van der Waals surface area (Å²) in [5.74, 6) is 2.58. The topological polar surface area (TPSA) is 38.3 Å². The van der Waals surface area contributed by atoms with Gasteiger partial charge in [0, 0.05) is 6.42 Å². The average Bonchev–Trinajstić information content (AvgIpc) is 3.37. The minimum absolute atomic E-state index is 0.138. The third kappa shape index (κ3) is 3.55. The molecule has 1 N–H and O–H groups in total. The molecule has 0 bridgehead atoms. The molecular formula is C22H25NO2. The summed E-state index contributed by atoms with van der Waals surface area (Å²) in [4.78, 5) is 12.8. The van der Waals surface area contributed by atoms with Crippen molar-refractivity contribution in [1.29, 1.82) is 0 Å². The van der Waals surface area contributed by atoms with Crippen LogP contribution in [0.5, 0.6) is 5.75 Å². The highest BCUT2D eigenvalue weighted by atomic mass is 16.5. The maximum atomic E-state index is 12.8. The molecule has 1 aliphatic heterocycles. The van der Waals surface area contributed by atoms with Gasteiger partial charge in [0.2, 0.25) is 5.91 Å². The first-order valence-corrected chi connectivity index (χ1v) is 9.28. The zero-order valence-corrected chi connectivity index (χ0v) is 14.7. The lowest BCUT2D eigenvalue weighted by Gasteiger charge is -2.26. The Morgan fingerprint density at radius 2 is 1.88 bits per heavy atom. The first-order chi connectivity index (χ1) is 12.2. The number of hydrogen-bond acceptors (Lipinski definition) is 2. The normalized spacial score (nSPS) is 25.4. The van der Waals surface area contributed by atoms with Crippen LogP contribution < -0.4 is 10.1 Å². The number of hydrogen-bond donors (Lipinski definition) is 1. The highest BCUT2D eigenvalue weighted by Gasteiger charge is 2.41. The molecule has 4 rings (SSSR count). The summed E-state index contributed by atoms with van der Waals surface area (Å²) < 4.78 is 5.72. The standard InChI is InChI=1S/C22H25NO2/c1-15-13-19(15)22(16-7-3-2-4-8-16)23-21(24)14-17-11-12-25-20-10-6-5-9-18(17)20/h2-10,15,17,19,22H,11-14H2,1H3,(H,23,24). The molecule has 3 nitrogen and oxygen atoms in total. The van der Waals surface area contributed by atoms with Crippen molar-refractivity contribution in [3.63, 3.8) is 0 Å². The first kappa shape index (κ1) is 16.2. The zero-order valence-electron chi connectivity index (χ0n) is 14.7. The molecule has 0 aromatic heterocycles. The molecule has 25 heavy (non-hydrogen) atoms. The number of fused-ring (bicyclic) bond motifs is 1. The van der Waals surface area contributed by atoms with Crippen LogP contribution in [0, 0.1) is 11.8 Å². The van der Waals surface area contributed by atoms with Crippen LogP contribution in [0.2, 0.25) is 0 Å². The number of para-hydroxylation sites is 1. The van der Waals surface area contributed by atoms with Crippen LogP contribution in [0.1, 0.15) is 49.3 Å². The molecule has 1 saturated carbocycles. The van der Waals surface area contributed by atoms with Crippen molar-refractivity contribution in [1.82, 2.24) is 5.32 Å². The Hall–Kier alpha value is -2.29. The third-order valence-corrected chi connectivity index (χ3v) is 5.59. The minimum Gasteiger partial charge on any atom is -0.493 e. The van der Waals surface area contributed by atoms with Crippen molar-refractivity contribution in [2.75, 3.05) is 6.61 Å². The molecule has 2 aromatic rings. The van der Waals surface area contributed by atoms with E-state index < -0.39 is 0 Å². The Kier molecular flexibility index (Phi) is 4.48. The Labute approximate surface area is 149 Å². The van der Waals surface area contributed by atoms with Crippen LogP contribution >= 0.6 is 0 Å². The molecule has 130 valence electrons. The van der Waals surface area contributed by atoms with E-state index in [9.17, 15) is 4.79 Å². The molecule has 1 amide bonds. The van der Waals surface area contributed by atoms with Crippen LogP contribution in [0.25, 0.3) is 0 Å². The molecule has 0 saturated heterocycles. The van der Waals surface area contributed by atoms with Gasteiger partial charge in [-0.05, 0) is 47.8 Å². The van der Waals surface area contributed by atoms with Gasteiger partial charge >= 0.3 is 0 Å². The number of rotatable bonds is 5. The van der Waals surface area contributed by atoms with Gasteiger partial charge in [-0.15, -0.1) is 0 Å². The van der Waals surface area contributed by atoms with E-state index >= 15 is 0 Å². The van der Waals surface area contributed by atoms with E-state index in [0.29, 0.717) is 24.9 Å². The second kappa shape index (κ2) is 6.91. The van der Waals surface area contributed by atoms with Gasteiger partial charge in [-0.2, -0.15) is 0 Å². The van der Waals surface area contributed by atoms with Crippen LogP contribution in [-0.4, -0.2) is 12.5 Å². The van der Waals surface area contributed by atoms with Crippen molar-refractivity contribution in [2.24, 2.45) is 11.8 Å². The molecule has 2 aliphatic rings. The van der Waals surface area contributed by atoms with Crippen molar-refractivity contribution >= 4 is 5.91 Å². The van der Waals surface area contributed by atoms with E-state index in [2.05, 4.69) is 42.6 Å². The molecule has 0 radical (unpaired) electrons. The number of nitrogens with one attached hydrogen (secondary N) is 1. The molecular weight excluding hydrogens is 310 g/mol. The molecule has 4 unspecified atom stereocenters. The third-order valence-electron chi connectivity index (χ3n) is 5.59. The lowest BCUT2D eigenvalue weighted by Crippen LogP contribution is -2.32. The lowest BCUT2D eigenvalue weighted by atomic mass is 9.89. The zero-order chi connectivity index (χ0) is 17.2. The van der Waals surface area contributed by atoms with E-state index in [1.54, 1.807) is 0 Å². The monoisotopic (exact) mass is 335 g/mol. The fraction of sp³-hybridized carbons (Fsp3) is 0.409. The highest BCUT2D eigenvalue weighted by Crippen LogP contribution is 2.47. The fourth-order valence-corrected chi connectivity index (χ4v) is 4.00. The molecule has 3 heteroatoms. The van der Waals surface area contributed by atoms with E-state index in [-0.39, 0.29) is 17.9 Å².